The average Bonchev–Trinajstić information content (AvgIpc) is 2.38. The van der Waals surface area contributed by atoms with Gasteiger partial charge in [-0.05, 0) is 39.7 Å². The van der Waals surface area contributed by atoms with E-state index in [0.29, 0.717) is 11.0 Å². The summed E-state index contributed by atoms with van der Waals surface area (Å²) in [6, 6.07) is 14.8. The lowest BCUT2D eigenvalue weighted by molar-refractivity contribution is -0.385. The Labute approximate surface area is 113 Å². The summed E-state index contributed by atoms with van der Waals surface area (Å²) in [5.41, 5.74) is 1.94. The Morgan fingerprint density at radius 2 is 1.89 bits per heavy atom. The van der Waals surface area contributed by atoms with Crippen LogP contribution in [0.25, 0.3) is 0 Å². The number of nitrogens with zero attached hydrogens (tertiary/aromatic N) is 1. The molecule has 5 heteroatoms. The lowest BCUT2D eigenvalue weighted by Gasteiger charge is -2.06. The SMILES string of the molecule is O=[N+]([O-])c1cc(CNc2ccccc2)ccc1Br. The van der Waals surface area contributed by atoms with Crippen molar-refractivity contribution in [3.8, 4) is 0 Å². The molecule has 0 fully saturated rings. The van der Waals surface area contributed by atoms with Crippen molar-refractivity contribution in [2.24, 2.45) is 0 Å². The number of rotatable bonds is 4. The Bertz CT molecular complexity index is 558. The molecule has 0 aliphatic rings. The van der Waals surface area contributed by atoms with E-state index >= 15 is 0 Å². The van der Waals surface area contributed by atoms with Gasteiger partial charge in [0.05, 0.1) is 9.40 Å². The first-order valence-corrected chi connectivity index (χ1v) is 6.18. The summed E-state index contributed by atoms with van der Waals surface area (Å²) in [5, 5.41) is 14.0. The molecule has 0 heterocycles. The van der Waals surface area contributed by atoms with Crippen LogP contribution in [0.15, 0.2) is 53.0 Å². The molecule has 0 bridgehead atoms. The first kappa shape index (κ1) is 12.6. The third-order valence-electron chi connectivity index (χ3n) is 2.48. The van der Waals surface area contributed by atoms with Gasteiger partial charge in [-0.15, -0.1) is 0 Å². The molecule has 0 unspecified atom stereocenters. The van der Waals surface area contributed by atoms with Gasteiger partial charge in [0.1, 0.15) is 0 Å². The van der Waals surface area contributed by atoms with Crippen molar-refractivity contribution >= 4 is 27.3 Å². The highest BCUT2D eigenvalue weighted by molar-refractivity contribution is 9.10. The quantitative estimate of drug-likeness (QED) is 0.687. The van der Waals surface area contributed by atoms with Gasteiger partial charge in [-0.2, -0.15) is 0 Å². The molecule has 0 aliphatic heterocycles. The molecule has 0 amide bonds. The van der Waals surface area contributed by atoms with E-state index in [0.717, 1.165) is 11.3 Å². The van der Waals surface area contributed by atoms with E-state index in [2.05, 4.69) is 21.2 Å². The zero-order valence-electron chi connectivity index (χ0n) is 9.47. The van der Waals surface area contributed by atoms with Crippen LogP contribution in [-0.2, 0) is 6.54 Å². The maximum Gasteiger partial charge on any atom is 0.283 e. The molecule has 4 nitrogen and oxygen atoms in total. The molecule has 18 heavy (non-hydrogen) atoms. The number of para-hydroxylation sites is 1. The molecule has 0 saturated carbocycles. The predicted octanol–water partition coefficient (Wildman–Crippen LogP) is 3.97. The second kappa shape index (κ2) is 5.64. The molecule has 2 aromatic carbocycles. The number of nitrogens with one attached hydrogen (secondary N) is 1. The van der Waals surface area contributed by atoms with E-state index < -0.39 is 4.92 Å². The summed E-state index contributed by atoms with van der Waals surface area (Å²) < 4.78 is 0.496. The number of nitro benzene ring substituents is 1. The van der Waals surface area contributed by atoms with Gasteiger partial charge in [0.15, 0.2) is 0 Å². The van der Waals surface area contributed by atoms with Crippen molar-refractivity contribution < 1.29 is 4.92 Å². The first-order chi connectivity index (χ1) is 8.66. The first-order valence-electron chi connectivity index (χ1n) is 5.38. The van der Waals surface area contributed by atoms with Crippen molar-refractivity contribution in [3.63, 3.8) is 0 Å². The number of hydrogen-bond donors (Lipinski definition) is 1. The maximum atomic E-state index is 10.8. The molecule has 1 N–H and O–H groups in total. The van der Waals surface area contributed by atoms with Gasteiger partial charge in [0.2, 0.25) is 0 Å². The summed E-state index contributed by atoms with van der Waals surface area (Å²) in [4.78, 5) is 10.4. The third kappa shape index (κ3) is 3.07. The lowest BCUT2D eigenvalue weighted by atomic mass is 10.2. The molecule has 2 aromatic rings. The van der Waals surface area contributed by atoms with Gasteiger partial charge in [-0.1, -0.05) is 24.3 Å². The molecule has 0 aliphatic carbocycles. The number of benzene rings is 2. The molecule has 0 aromatic heterocycles. The number of halogens is 1. The van der Waals surface area contributed by atoms with Gasteiger partial charge in [-0.25, -0.2) is 0 Å². The molecule has 2 rings (SSSR count). The summed E-state index contributed by atoms with van der Waals surface area (Å²) in [5.74, 6) is 0. The van der Waals surface area contributed by atoms with Crippen molar-refractivity contribution in [2.75, 3.05) is 5.32 Å². The van der Waals surface area contributed by atoms with Crippen molar-refractivity contribution in [2.45, 2.75) is 6.54 Å². The summed E-state index contributed by atoms with van der Waals surface area (Å²) in [6.07, 6.45) is 0. The van der Waals surface area contributed by atoms with Gasteiger partial charge in [0.25, 0.3) is 5.69 Å². The fourth-order valence-electron chi connectivity index (χ4n) is 1.57. The van der Waals surface area contributed by atoms with Gasteiger partial charge < -0.3 is 5.32 Å². The smallest absolute Gasteiger partial charge is 0.283 e. The minimum absolute atomic E-state index is 0.0855. The van der Waals surface area contributed by atoms with E-state index in [4.69, 9.17) is 0 Å². The molecule has 0 atom stereocenters. The average molecular weight is 307 g/mol. The van der Waals surface area contributed by atoms with Gasteiger partial charge >= 0.3 is 0 Å². The highest BCUT2D eigenvalue weighted by Gasteiger charge is 2.11. The minimum atomic E-state index is -0.393. The van der Waals surface area contributed by atoms with E-state index in [9.17, 15) is 10.1 Å². The Kier molecular flexibility index (Phi) is 3.94. The van der Waals surface area contributed by atoms with E-state index in [1.807, 2.05) is 36.4 Å². The van der Waals surface area contributed by atoms with Crippen LogP contribution in [0.1, 0.15) is 5.56 Å². The third-order valence-corrected chi connectivity index (χ3v) is 3.15. The van der Waals surface area contributed by atoms with Crippen LogP contribution in [0.3, 0.4) is 0 Å². The van der Waals surface area contributed by atoms with E-state index in [1.165, 1.54) is 0 Å². The monoisotopic (exact) mass is 306 g/mol. The molecular weight excluding hydrogens is 296 g/mol. The zero-order chi connectivity index (χ0) is 13.0. The van der Waals surface area contributed by atoms with Crippen LogP contribution in [0.5, 0.6) is 0 Å². The highest BCUT2D eigenvalue weighted by atomic mass is 79.9. The van der Waals surface area contributed by atoms with Crippen LogP contribution in [0.2, 0.25) is 0 Å². The van der Waals surface area contributed by atoms with Gasteiger partial charge in [-0.3, -0.25) is 10.1 Å². The van der Waals surface area contributed by atoms with Crippen molar-refractivity contribution in [1.29, 1.82) is 0 Å². The molecular formula is C13H11BrN2O2. The number of nitro groups is 1. The molecule has 0 saturated heterocycles. The predicted molar refractivity (Wildman–Crippen MR) is 74.6 cm³/mol. The Morgan fingerprint density at radius 1 is 1.17 bits per heavy atom. The topological polar surface area (TPSA) is 55.2 Å². The van der Waals surface area contributed by atoms with E-state index in [-0.39, 0.29) is 5.69 Å². The van der Waals surface area contributed by atoms with Crippen LogP contribution in [-0.4, -0.2) is 4.92 Å². The minimum Gasteiger partial charge on any atom is -0.381 e. The van der Waals surface area contributed by atoms with Crippen LogP contribution in [0, 0.1) is 10.1 Å². The second-order valence-electron chi connectivity index (χ2n) is 3.76. The molecule has 92 valence electrons. The zero-order valence-corrected chi connectivity index (χ0v) is 11.1. The Balaban J connectivity index is 2.11. The van der Waals surface area contributed by atoms with Crippen molar-refractivity contribution in [1.82, 2.24) is 0 Å². The van der Waals surface area contributed by atoms with Crippen molar-refractivity contribution in [3.05, 3.63) is 68.7 Å². The van der Waals surface area contributed by atoms with Crippen LogP contribution >= 0.6 is 15.9 Å². The second-order valence-corrected chi connectivity index (χ2v) is 4.62. The molecule has 0 radical (unpaired) electrons. The lowest BCUT2D eigenvalue weighted by Crippen LogP contribution is -2.00. The van der Waals surface area contributed by atoms with Gasteiger partial charge in [0, 0.05) is 18.3 Å². The largest absolute Gasteiger partial charge is 0.381 e. The standard InChI is InChI=1S/C13H11BrN2O2/c14-12-7-6-10(8-13(12)16(17)18)9-15-11-4-2-1-3-5-11/h1-8,15H,9H2. The Morgan fingerprint density at radius 3 is 2.56 bits per heavy atom. The van der Waals surface area contributed by atoms with Crippen LogP contribution < -0.4 is 5.32 Å². The summed E-state index contributed by atoms with van der Waals surface area (Å²) >= 11 is 3.16. The fraction of sp³-hybridized carbons (Fsp3) is 0.0769. The maximum absolute atomic E-state index is 10.8. The summed E-state index contributed by atoms with van der Waals surface area (Å²) in [7, 11) is 0. The van der Waals surface area contributed by atoms with Crippen LogP contribution in [0.4, 0.5) is 11.4 Å². The molecule has 0 spiro atoms. The normalized spacial score (nSPS) is 10.1. The Hall–Kier alpha value is -1.88. The number of hydrogen-bond acceptors (Lipinski definition) is 3. The highest BCUT2D eigenvalue weighted by Crippen LogP contribution is 2.25. The summed E-state index contributed by atoms with van der Waals surface area (Å²) in [6.45, 7) is 0.554. The van der Waals surface area contributed by atoms with E-state index in [1.54, 1.807) is 12.1 Å². The number of anilines is 1. The fourth-order valence-corrected chi connectivity index (χ4v) is 1.96.